The van der Waals surface area contributed by atoms with Crippen molar-refractivity contribution < 1.29 is 18.3 Å². The lowest BCUT2D eigenvalue weighted by Crippen LogP contribution is -2.53. The van der Waals surface area contributed by atoms with Crippen LogP contribution in [0.3, 0.4) is 0 Å². The fourth-order valence-corrected chi connectivity index (χ4v) is 4.33. The van der Waals surface area contributed by atoms with Crippen LogP contribution in [0.25, 0.3) is 0 Å². The van der Waals surface area contributed by atoms with E-state index in [1.54, 1.807) is 18.2 Å². The van der Waals surface area contributed by atoms with Crippen molar-refractivity contribution in [3.8, 4) is 5.75 Å². The molecule has 1 aliphatic heterocycles. The second kappa shape index (κ2) is 6.95. The summed E-state index contributed by atoms with van der Waals surface area (Å²) in [5.74, 6) is 0.373. The minimum absolute atomic E-state index is 0.0324. The van der Waals surface area contributed by atoms with Gasteiger partial charge in [0, 0.05) is 32.3 Å². The van der Waals surface area contributed by atoms with Gasteiger partial charge in [0.05, 0.1) is 7.11 Å². The fourth-order valence-electron chi connectivity index (χ4n) is 2.72. The van der Waals surface area contributed by atoms with Gasteiger partial charge >= 0.3 is 0 Å². The Morgan fingerprint density at radius 1 is 1.36 bits per heavy atom. The molecule has 1 fully saturated rings. The number of piperazine rings is 1. The number of aryl methyl sites for hydroxylation is 1. The molecule has 6 nitrogen and oxygen atoms in total. The predicted molar refractivity (Wildman–Crippen MR) is 84.6 cm³/mol. The number of hydrogen-bond donors (Lipinski definition) is 1. The Morgan fingerprint density at radius 3 is 2.73 bits per heavy atom. The third kappa shape index (κ3) is 3.43. The van der Waals surface area contributed by atoms with Crippen LogP contribution in [0.5, 0.6) is 5.75 Å². The summed E-state index contributed by atoms with van der Waals surface area (Å²) in [6.45, 7) is 3.43. The van der Waals surface area contributed by atoms with Crippen molar-refractivity contribution in [3.05, 3.63) is 23.8 Å². The first kappa shape index (κ1) is 17.2. The van der Waals surface area contributed by atoms with E-state index in [1.807, 2.05) is 14.0 Å². The summed E-state index contributed by atoms with van der Waals surface area (Å²) in [6, 6.07) is 5.14. The first-order valence-electron chi connectivity index (χ1n) is 7.36. The van der Waals surface area contributed by atoms with Crippen LogP contribution in [0.1, 0.15) is 12.0 Å². The van der Waals surface area contributed by atoms with E-state index in [4.69, 9.17) is 9.84 Å². The van der Waals surface area contributed by atoms with Crippen LogP contribution in [0, 0.1) is 6.92 Å². The number of rotatable bonds is 5. The smallest absolute Gasteiger partial charge is 0.246 e. The van der Waals surface area contributed by atoms with Gasteiger partial charge in [-0.05, 0) is 38.1 Å². The van der Waals surface area contributed by atoms with Gasteiger partial charge in [-0.15, -0.1) is 0 Å². The number of aliphatic hydroxyl groups excluding tert-OH is 1. The SMILES string of the molecule is COc1cc(C)ccc1S(=O)(=O)N1CCN(C)[C@H](CCO)C1. The van der Waals surface area contributed by atoms with Gasteiger partial charge in [0.15, 0.2) is 0 Å². The Kier molecular flexibility index (Phi) is 5.44. The molecule has 7 heteroatoms. The molecule has 0 bridgehead atoms. The lowest BCUT2D eigenvalue weighted by atomic mass is 10.1. The molecule has 1 atom stereocenters. The summed E-state index contributed by atoms with van der Waals surface area (Å²) in [4.78, 5) is 2.29. The normalized spacial score (nSPS) is 21.0. The monoisotopic (exact) mass is 328 g/mol. The van der Waals surface area contributed by atoms with Gasteiger partial charge in [0.25, 0.3) is 0 Å². The summed E-state index contributed by atoms with van der Waals surface area (Å²) in [7, 11) is -0.163. The number of benzene rings is 1. The zero-order valence-corrected chi connectivity index (χ0v) is 14.1. The molecule has 1 aromatic carbocycles. The molecule has 0 amide bonds. The second-order valence-electron chi connectivity index (χ2n) is 5.66. The van der Waals surface area contributed by atoms with Crippen LogP contribution in [-0.2, 0) is 10.0 Å². The Hall–Kier alpha value is -1.15. The number of sulfonamides is 1. The summed E-state index contributed by atoms with van der Waals surface area (Å²) in [6.07, 6.45) is 0.563. The summed E-state index contributed by atoms with van der Waals surface area (Å²) in [5.41, 5.74) is 0.951. The summed E-state index contributed by atoms with van der Waals surface area (Å²) < 4.78 is 32.5. The molecule has 0 aromatic heterocycles. The summed E-state index contributed by atoms with van der Waals surface area (Å²) in [5, 5.41) is 9.14. The zero-order chi connectivity index (χ0) is 16.3. The summed E-state index contributed by atoms with van der Waals surface area (Å²) >= 11 is 0. The lowest BCUT2D eigenvalue weighted by molar-refractivity contribution is 0.120. The standard InChI is InChI=1S/C15H24N2O4S/c1-12-4-5-15(14(10-12)21-3)22(19,20)17-8-7-16(2)13(11-17)6-9-18/h4-5,10,13,18H,6-9,11H2,1-3H3/t13-/m1/s1. The van der Waals surface area contributed by atoms with Crippen molar-refractivity contribution in [1.82, 2.24) is 9.21 Å². The molecule has 1 aromatic rings. The Bertz CT molecular complexity index is 618. The highest BCUT2D eigenvalue weighted by Crippen LogP contribution is 2.29. The average Bonchev–Trinajstić information content (AvgIpc) is 2.49. The topological polar surface area (TPSA) is 70.1 Å². The minimum atomic E-state index is -3.60. The number of likely N-dealkylation sites (N-methyl/N-ethyl adjacent to an activating group) is 1. The maximum absolute atomic E-state index is 12.9. The zero-order valence-electron chi connectivity index (χ0n) is 13.3. The lowest BCUT2D eigenvalue weighted by Gasteiger charge is -2.38. The number of nitrogens with zero attached hydrogens (tertiary/aromatic N) is 2. The van der Waals surface area contributed by atoms with Crippen molar-refractivity contribution in [1.29, 1.82) is 0 Å². The molecule has 1 N–H and O–H groups in total. The third-order valence-corrected chi connectivity index (χ3v) is 6.04. The van der Waals surface area contributed by atoms with Gasteiger partial charge in [-0.3, -0.25) is 0 Å². The van der Waals surface area contributed by atoms with Crippen molar-refractivity contribution in [3.63, 3.8) is 0 Å². The second-order valence-corrected chi connectivity index (χ2v) is 7.57. The van der Waals surface area contributed by atoms with Crippen molar-refractivity contribution in [2.45, 2.75) is 24.3 Å². The van der Waals surface area contributed by atoms with Gasteiger partial charge in [0.1, 0.15) is 10.6 Å². The van der Waals surface area contributed by atoms with Crippen LogP contribution >= 0.6 is 0 Å². The van der Waals surface area contributed by atoms with Gasteiger partial charge < -0.3 is 14.7 Å². The number of ether oxygens (including phenoxy) is 1. The molecule has 0 aliphatic carbocycles. The minimum Gasteiger partial charge on any atom is -0.495 e. The fraction of sp³-hybridized carbons (Fsp3) is 0.600. The Balaban J connectivity index is 2.30. The molecule has 0 radical (unpaired) electrons. The van der Waals surface area contributed by atoms with Crippen LogP contribution < -0.4 is 4.74 Å². The molecular formula is C15H24N2O4S. The molecule has 0 saturated carbocycles. The highest BCUT2D eigenvalue weighted by atomic mass is 32.2. The highest BCUT2D eigenvalue weighted by Gasteiger charge is 2.34. The van der Waals surface area contributed by atoms with Crippen molar-refractivity contribution in [2.24, 2.45) is 0 Å². The quantitative estimate of drug-likeness (QED) is 0.861. The van der Waals surface area contributed by atoms with Gasteiger partial charge in [-0.2, -0.15) is 4.31 Å². The number of methoxy groups -OCH3 is 1. The van der Waals surface area contributed by atoms with Crippen molar-refractivity contribution >= 4 is 10.0 Å². The van der Waals surface area contributed by atoms with Crippen LogP contribution in [-0.4, -0.2) is 69.2 Å². The van der Waals surface area contributed by atoms with E-state index in [-0.39, 0.29) is 17.5 Å². The molecule has 22 heavy (non-hydrogen) atoms. The molecule has 2 rings (SSSR count). The largest absolute Gasteiger partial charge is 0.495 e. The van der Waals surface area contributed by atoms with Crippen molar-refractivity contribution in [2.75, 3.05) is 40.4 Å². The number of hydrogen-bond acceptors (Lipinski definition) is 5. The molecule has 1 saturated heterocycles. The highest BCUT2D eigenvalue weighted by molar-refractivity contribution is 7.89. The van der Waals surface area contributed by atoms with E-state index in [0.29, 0.717) is 31.8 Å². The first-order valence-corrected chi connectivity index (χ1v) is 8.80. The van der Waals surface area contributed by atoms with E-state index in [0.717, 1.165) is 5.56 Å². The third-order valence-electron chi connectivity index (χ3n) is 4.14. The Labute approximate surface area is 132 Å². The molecule has 124 valence electrons. The maximum atomic E-state index is 12.9. The average molecular weight is 328 g/mol. The molecular weight excluding hydrogens is 304 g/mol. The number of aliphatic hydroxyl groups is 1. The van der Waals surface area contributed by atoms with E-state index in [1.165, 1.54) is 11.4 Å². The molecule has 0 unspecified atom stereocenters. The predicted octanol–water partition coefficient (Wildman–Crippen LogP) is 0.691. The van der Waals surface area contributed by atoms with E-state index in [9.17, 15) is 8.42 Å². The maximum Gasteiger partial charge on any atom is 0.246 e. The van der Waals surface area contributed by atoms with Crippen LogP contribution in [0.2, 0.25) is 0 Å². The molecule has 0 spiro atoms. The van der Waals surface area contributed by atoms with Crippen LogP contribution in [0.15, 0.2) is 23.1 Å². The van der Waals surface area contributed by atoms with Gasteiger partial charge in [-0.25, -0.2) is 8.42 Å². The molecule has 1 heterocycles. The molecule has 1 aliphatic rings. The van der Waals surface area contributed by atoms with Gasteiger partial charge in [0.2, 0.25) is 10.0 Å². The van der Waals surface area contributed by atoms with Crippen LogP contribution in [0.4, 0.5) is 0 Å². The van der Waals surface area contributed by atoms with E-state index < -0.39 is 10.0 Å². The first-order chi connectivity index (χ1) is 10.4. The van der Waals surface area contributed by atoms with Gasteiger partial charge in [-0.1, -0.05) is 6.07 Å². The van der Waals surface area contributed by atoms with E-state index >= 15 is 0 Å². The van der Waals surface area contributed by atoms with E-state index in [2.05, 4.69) is 4.90 Å². The Morgan fingerprint density at radius 2 is 2.09 bits per heavy atom.